The summed E-state index contributed by atoms with van der Waals surface area (Å²) in [5, 5.41) is 10.4. The van der Waals surface area contributed by atoms with E-state index < -0.39 is 12.4 Å². The Balaban J connectivity index is 1.77. The summed E-state index contributed by atoms with van der Waals surface area (Å²) < 4.78 is 17.4. The average molecular weight is 264 g/mol. The van der Waals surface area contributed by atoms with Crippen molar-refractivity contribution >= 4 is 0 Å². The number of ether oxygens (including phenoxy) is 3. The number of aliphatic hydroxyl groups is 1. The molecule has 0 aromatic heterocycles. The van der Waals surface area contributed by atoms with Gasteiger partial charge in [0.05, 0.1) is 19.3 Å². The highest BCUT2D eigenvalue weighted by Crippen LogP contribution is 2.38. The molecule has 2 saturated heterocycles. The van der Waals surface area contributed by atoms with Crippen LogP contribution in [0.25, 0.3) is 0 Å². The first-order valence-electron chi connectivity index (χ1n) is 6.69. The predicted octanol–water partition coefficient (Wildman–Crippen LogP) is 1.89. The van der Waals surface area contributed by atoms with Crippen molar-refractivity contribution in [2.24, 2.45) is 5.41 Å². The Morgan fingerprint density at radius 3 is 2.63 bits per heavy atom. The zero-order valence-corrected chi connectivity index (χ0v) is 11.3. The Labute approximate surface area is 113 Å². The lowest BCUT2D eigenvalue weighted by molar-refractivity contribution is -0.318. The van der Waals surface area contributed by atoms with Crippen LogP contribution in [-0.4, -0.2) is 36.6 Å². The molecule has 1 N–H and O–H groups in total. The van der Waals surface area contributed by atoms with Crippen LogP contribution in [0.15, 0.2) is 30.3 Å². The van der Waals surface area contributed by atoms with E-state index in [2.05, 4.69) is 0 Å². The largest absolute Gasteiger partial charge is 0.390 e. The van der Waals surface area contributed by atoms with Gasteiger partial charge in [0.25, 0.3) is 0 Å². The molecule has 2 aliphatic rings. The third-order valence-corrected chi connectivity index (χ3v) is 3.91. The molecule has 19 heavy (non-hydrogen) atoms. The van der Waals surface area contributed by atoms with Gasteiger partial charge in [0.15, 0.2) is 6.29 Å². The van der Waals surface area contributed by atoms with E-state index in [1.165, 1.54) is 0 Å². The molecule has 4 nitrogen and oxygen atoms in total. The quantitative estimate of drug-likeness (QED) is 0.841. The molecule has 0 amide bonds. The van der Waals surface area contributed by atoms with Crippen molar-refractivity contribution in [1.29, 1.82) is 0 Å². The summed E-state index contributed by atoms with van der Waals surface area (Å²) in [6.07, 6.45) is -1.47. The van der Waals surface area contributed by atoms with Crippen LogP contribution in [-0.2, 0) is 14.2 Å². The molecule has 2 fully saturated rings. The van der Waals surface area contributed by atoms with Crippen molar-refractivity contribution in [3.8, 4) is 0 Å². The third kappa shape index (κ3) is 2.41. The van der Waals surface area contributed by atoms with E-state index in [1.54, 1.807) is 0 Å². The van der Waals surface area contributed by atoms with E-state index >= 15 is 0 Å². The van der Waals surface area contributed by atoms with Crippen molar-refractivity contribution in [3.05, 3.63) is 35.9 Å². The lowest BCUT2D eigenvalue weighted by Crippen LogP contribution is -2.59. The lowest BCUT2D eigenvalue weighted by Gasteiger charge is -2.48. The summed E-state index contributed by atoms with van der Waals surface area (Å²) in [4.78, 5) is 0. The molecule has 1 unspecified atom stereocenters. The summed E-state index contributed by atoms with van der Waals surface area (Å²) in [5.41, 5.74) is 0.677. The average Bonchev–Trinajstić information content (AvgIpc) is 2.44. The Bertz CT molecular complexity index is 431. The molecule has 4 heteroatoms. The molecule has 2 heterocycles. The van der Waals surface area contributed by atoms with Gasteiger partial charge in [-0.3, -0.25) is 0 Å². The number of rotatable bonds is 1. The Morgan fingerprint density at radius 2 is 1.89 bits per heavy atom. The fourth-order valence-electron chi connectivity index (χ4n) is 2.60. The van der Waals surface area contributed by atoms with Gasteiger partial charge in [-0.05, 0) is 0 Å². The number of hydrogen-bond acceptors (Lipinski definition) is 4. The fourth-order valence-corrected chi connectivity index (χ4v) is 2.60. The molecule has 0 aliphatic carbocycles. The van der Waals surface area contributed by atoms with Gasteiger partial charge in [0.2, 0.25) is 0 Å². The SMILES string of the molecule is CC1(C)CO[C@@H]2CO[C@@H](c3ccccc3)OC2[C@@H]1O. The van der Waals surface area contributed by atoms with Gasteiger partial charge in [0.1, 0.15) is 12.2 Å². The fraction of sp³-hybridized carbons (Fsp3) is 0.600. The molecule has 4 atom stereocenters. The van der Waals surface area contributed by atoms with E-state index in [9.17, 15) is 5.11 Å². The van der Waals surface area contributed by atoms with Crippen molar-refractivity contribution in [2.75, 3.05) is 13.2 Å². The Morgan fingerprint density at radius 1 is 1.16 bits per heavy atom. The van der Waals surface area contributed by atoms with Crippen LogP contribution in [0.1, 0.15) is 25.7 Å². The van der Waals surface area contributed by atoms with E-state index in [-0.39, 0.29) is 17.6 Å². The first-order valence-corrected chi connectivity index (χ1v) is 6.69. The van der Waals surface area contributed by atoms with Crippen molar-refractivity contribution in [2.45, 2.75) is 38.4 Å². The van der Waals surface area contributed by atoms with E-state index in [0.717, 1.165) is 5.56 Å². The van der Waals surface area contributed by atoms with Crippen LogP contribution in [0.2, 0.25) is 0 Å². The summed E-state index contributed by atoms with van der Waals surface area (Å²) >= 11 is 0. The van der Waals surface area contributed by atoms with E-state index in [1.807, 2.05) is 44.2 Å². The van der Waals surface area contributed by atoms with Crippen molar-refractivity contribution in [3.63, 3.8) is 0 Å². The molecular formula is C15H20O4. The van der Waals surface area contributed by atoms with E-state index in [0.29, 0.717) is 13.2 Å². The molecule has 0 saturated carbocycles. The van der Waals surface area contributed by atoms with Gasteiger partial charge in [-0.25, -0.2) is 0 Å². The second-order valence-electron chi connectivity index (χ2n) is 5.96. The number of hydrogen-bond donors (Lipinski definition) is 1. The summed E-state index contributed by atoms with van der Waals surface area (Å²) in [5.74, 6) is 0. The molecule has 1 aromatic rings. The van der Waals surface area contributed by atoms with Gasteiger partial charge < -0.3 is 19.3 Å². The highest BCUT2D eigenvalue weighted by molar-refractivity contribution is 5.16. The molecule has 0 radical (unpaired) electrons. The normalized spacial score (nSPS) is 37.6. The van der Waals surface area contributed by atoms with Gasteiger partial charge in [-0.2, -0.15) is 0 Å². The van der Waals surface area contributed by atoms with Crippen LogP contribution in [0, 0.1) is 5.41 Å². The minimum atomic E-state index is -0.540. The molecule has 3 rings (SSSR count). The predicted molar refractivity (Wildman–Crippen MR) is 69.5 cm³/mol. The number of fused-ring (bicyclic) bond motifs is 1. The second-order valence-corrected chi connectivity index (χ2v) is 5.96. The first kappa shape index (κ1) is 13.1. The maximum Gasteiger partial charge on any atom is 0.184 e. The summed E-state index contributed by atoms with van der Waals surface area (Å²) in [6.45, 7) is 4.96. The van der Waals surface area contributed by atoms with Crippen LogP contribution in [0.4, 0.5) is 0 Å². The minimum Gasteiger partial charge on any atom is -0.390 e. The summed E-state index contributed by atoms with van der Waals surface area (Å²) in [7, 11) is 0. The van der Waals surface area contributed by atoms with Crippen LogP contribution < -0.4 is 0 Å². The maximum atomic E-state index is 10.4. The molecule has 1 aromatic carbocycles. The van der Waals surface area contributed by atoms with Gasteiger partial charge >= 0.3 is 0 Å². The zero-order chi connectivity index (χ0) is 13.5. The lowest BCUT2D eigenvalue weighted by atomic mass is 9.80. The minimum absolute atomic E-state index is 0.178. The zero-order valence-electron chi connectivity index (χ0n) is 11.3. The molecular weight excluding hydrogens is 244 g/mol. The van der Waals surface area contributed by atoms with Crippen LogP contribution in [0.3, 0.4) is 0 Å². The van der Waals surface area contributed by atoms with Crippen LogP contribution >= 0.6 is 0 Å². The monoisotopic (exact) mass is 264 g/mol. The standard InChI is InChI=1S/C15H20O4/c1-15(2)9-18-11-8-17-14(19-12(11)13(15)16)10-6-4-3-5-7-10/h3-7,11-14,16H,8-9H2,1-2H3/t11-,12?,13+,14-/m1/s1. The van der Waals surface area contributed by atoms with Gasteiger partial charge in [-0.1, -0.05) is 44.2 Å². The van der Waals surface area contributed by atoms with Crippen molar-refractivity contribution in [1.82, 2.24) is 0 Å². The molecule has 0 bridgehead atoms. The second kappa shape index (κ2) is 4.87. The Hall–Kier alpha value is -0.940. The van der Waals surface area contributed by atoms with Crippen LogP contribution in [0.5, 0.6) is 0 Å². The molecule has 2 aliphatic heterocycles. The molecule has 104 valence electrons. The Kier molecular flexibility index (Phi) is 3.35. The first-order chi connectivity index (χ1) is 9.08. The smallest absolute Gasteiger partial charge is 0.184 e. The van der Waals surface area contributed by atoms with Gasteiger partial charge in [0, 0.05) is 11.0 Å². The highest BCUT2D eigenvalue weighted by Gasteiger charge is 2.48. The third-order valence-electron chi connectivity index (χ3n) is 3.91. The maximum absolute atomic E-state index is 10.4. The molecule has 0 spiro atoms. The number of aliphatic hydroxyl groups excluding tert-OH is 1. The topological polar surface area (TPSA) is 47.9 Å². The van der Waals surface area contributed by atoms with Gasteiger partial charge in [-0.15, -0.1) is 0 Å². The summed E-state index contributed by atoms with van der Waals surface area (Å²) in [6, 6.07) is 9.78. The number of benzene rings is 1. The highest BCUT2D eigenvalue weighted by atomic mass is 16.7. The van der Waals surface area contributed by atoms with Crippen molar-refractivity contribution < 1.29 is 19.3 Å². The van der Waals surface area contributed by atoms with E-state index in [4.69, 9.17) is 14.2 Å².